The van der Waals surface area contributed by atoms with Crippen LogP contribution < -0.4 is 0 Å². The molecule has 0 bridgehead atoms. The van der Waals surface area contributed by atoms with E-state index < -0.39 is 5.41 Å². The molecule has 0 radical (unpaired) electrons. The van der Waals surface area contributed by atoms with Crippen LogP contribution in [0.4, 0.5) is 0 Å². The van der Waals surface area contributed by atoms with E-state index in [9.17, 15) is 4.79 Å². The zero-order valence-electron chi connectivity index (χ0n) is 9.30. The summed E-state index contributed by atoms with van der Waals surface area (Å²) in [5.74, 6) is -0.162. The molecule has 0 saturated carbocycles. The van der Waals surface area contributed by atoms with Crippen LogP contribution in [0.3, 0.4) is 0 Å². The molecule has 1 rings (SSSR count). The van der Waals surface area contributed by atoms with Gasteiger partial charge in [-0.1, -0.05) is 12.2 Å². The molecule has 80 valence electrons. The molecule has 0 aromatic carbocycles. The Morgan fingerprint density at radius 1 is 1.36 bits per heavy atom. The van der Waals surface area contributed by atoms with Crippen LogP contribution in [0.5, 0.6) is 0 Å². The molecular weight excluding hydrogens is 178 g/mol. The van der Waals surface area contributed by atoms with Crippen LogP contribution in [-0.4, -0.2) is 24.1 Å². The Balaban J connectivity index is 2.38. The van der Waals surface area contributed by atoms with Gasteiger partial charge in [0.1, 0.15) is 0 Å². The van der Waals surface area contributed by atoms with Crippen molar-refractivity contribution in [2.75, 3.05) is 13.1 Å². The molecule has 0 aromatic heterocycles. The van der Waals surface area contributed by atoms with Crippen molar-refractivity contribution in [2.45, 2.75) is 33.6 Å². The molecular formula is C11H19NO2. The highest BCUT2D eigenvalue weighted by atomic mass is 16.7. The fourth-order valence-corrected chi connectivity index (χ4v) is 1.15. The predicted octanol–water partition coefficient (Wildman–Crippen LogP) is 2.14. The summed E-state index contributed by atoms with van der Waals surface area (Å²) in [6.07, 6.45) is 1.86. The topological polar surface area (TPSA) is 29.5 Å². The summed E-state index contributed by atoms with van der Waals surface area (Å²) < 4.78 is 0. The minimum atomic E-state index is -0.422. The average Bonchev–Trinajstić information content (AvgIpc) is 2.07. The number of hydroxylamine groups is 2. The summed E-state index contributed by atoms with van der Waals surface area (Å²) in [7, 11) is 0. The van der Waals surface area contributed by atoms with Crippen LogP contribution in [0.15, 0.2) is 12.2 Å². The first-order chi connectivity index (χ1) is 6.39. The number of hydrogen-bond donors (Lipinski definition) is 0. The predicted molar refractivity (Wildman–Crippen MR) is 55.5 cm³/mol. The molecule has 0 atom stereocenters. The highest BCUT2D eigenvalue weighted by molar-refractivity contribution is 5.75. The molecule has 1 saturated heterocycles. The molecule has 14 heavy (non-hydrogen) atoms. The monoisotopic (exact) mass is 197 g/mol. The normalized spacial score (nSPS) is 19.5. The van der Waals surface area contributed by atoms with Crippen LogP contribution in [0.25, 0.3) is 0 Å². The van der Waals surface area contributed by atoms with Crippen LogP contribution in [0.2, 0.25) is 0 Å². The summed E-state index contributed by atoms with van der Waals surface area (Å²) in [6.45, 7) is 11.0. The van der Waals surface area contributed by atoms with Crippen molar-refractivity contribution in [3.63, 3.8) is 0 Å². The van der Waals surface area contributed by atoms with Gasteiger partial charge in [0, 0.05) is 13.1 Å². The highest BCUT2D eigenvalue weighted by Crippen LogP contribution is 2.19. The Labute approximate surface area is 85.7 Å². The summed E-state index contributed by atoms with van der Waals surface area (Å²) in [6, 6.07) is 0. The van der Waals surface area contributed by atoms with Crippen molar-refractivity contribution >= 4 is 5.97 Å². The molecule has 0 amide bonds. The van der Waals surface area contributed by atoms with Crippen LogP contribution in [0.1, 0.15) is 33.6 Å². The second-order valence-corrected chi connectivity index (χ2v) is 4.81. The second kappa shape index (κ2) is 4.13. The van der Waals surface area contributed by atoms with Gasteiger partial charge in [-0.25, -0.2) is 4.79 Å². The first-order valence-electron chi connectivity index (χ1n) is 5.03. The van der Waals surface area contributed by atoms with Gasteiger partial charge >= 0.3 is 5.97 Å². The molecule has 0 aliphatic carbocycles. The van der Waals surface area contributed by atoms with E-state index in [2.05, 4.69) is 6.58 Å². The lowest BCUT2D eigenvalue weighted by molar-refractivity contribution is -0.202. The molecule has 1 heterocycles. The van der Waals surface area contributed by atoms with E-state index >= 15 is 0 Å². The number of carbonyl (C=O) groups is 1. The summed E-state index contributed by atoms with van der Waals surface area (Å²) in [5.41, 5.74) is 0.821. The Morgan fingerprint density at radius 2 is 1.86 bits per heavy atom. The number of hydrogen-bond acceptors (Lipinski definition) is 3. The van der Waals surface area contributed by atoms with E-state index in [1.165, 1.54) is 5.57 Å². The third kappa shape index (κ3) is 3.14. The van der Waals surface area contributed by atoms with E-state index in [0.717, 1.165) is 25.9 Å². The lowest BCUT2D eigenvalue weighted by atomic mass is 9.98. The average molecular weight is 197 g/mol. The fraction of sp³-hybridized carbons (Fsp3) is 0.727. The van der Waals surface area contributed by atoms with Gasteiger partial charge in [0.25, 0.3) is 0 Å². The van der Waals surface area contributed by atoms with Gasteiger partial charge < -0.3 is 4.84 Å². The van der Waals surface area contributed by atoms with Crippen molar-refractivity contribution in [3.05, 3.63) is 12.2 Å². The number of piperidine rings is 1. The first-order valence-corrected chi connectivity index (χ1v) is 5.03. The van der Waals surface area contributed by atoms with Gasteiger partial charge in [-0.05, 0) is 33.6 Å². The Hall–Kier alpha value is -0.830. The summed E-state index contributed by atoms with van der Waals surface area (Å²) >= 11 is 0. The largest absolute Gasteiger partial charge is 0.367 e. The van der Waals surface area contributed by atoms with Crippen LogP contribution >= 0.6 is 0 Å². The van der Waals surface area contributed by atoms with Crippen LogP contribution in [0, 0.1) is 5.41 Å². The Bertz CT molecular complexity index is 230. The molecule has 0 N–H and O–H groups in total. The second-order valence-electron chi connectivity index (χ2n) is 4.81. The van der Waals surface area contributed by atoms with Crippen molar-refractivity contribution < 1.29 is 9.63 Å². The third-order valence-corrected chi connectivity index (χ3v) is 2.25. The van der Waals surface area contributed by atoms with Gasteiger partial charge in [0.05, 0.1) is 5.41 Å². The van der Waals surface area contributed by atoms with Gasteiger partial charge in [0.2, 0.25) is 0 Å². The van der Waals surface area contributed by atoms with E-state index in [4.69, 9.17) is 4.84 Å². The van der Waals surface area contributed by atoms with E-state index in [-0.39, 0.29) is 5.97 Å². The zero-order valence-corrected chi connectivity index (χ0v) is 9.30. The SMILES string of the molecule is C=C1CCN(OC(=O)C(C)(C)C)CC1. The molecule has 1 aliphatic heterocycles. The van der Waals surface area contributed by atoms with E-state index in [1.54, 1.807) is 5.06 Å². The van der Waals surface area contributed by atoms with E-state index in [1.807, 2.05) is 20.8 Å². The van der Waals surface area contributed by atoms with Crippen molar-refractivity contribution in [1.29, 1.82) is 0 Å². The molecule has 0 aromatic rings. The zero-order chi connectivity index (χ0) is 10.8. The van der Waals surface area contributed by atoms with Crippen molar-refractivity contribution in [2.24, 2.45) is 5.41 Å². The highest BCUT2D eigenvalue weighted by Gasteiger charge is 2.26. The van der Waals surface area contributed by atoms with Gasteiger partial charge in [-0.3, -0.25) is 0 Å². The Kier molecular flexibility index (Phi) is 3.32. The quantitative estimate of drug-likeness (QED) is 0.603. The van der Waals surface area contributed by atoms with Gasteiger partial charge in [-0.15, -0.1) is 5.06 Å². The first kappa shape index (κ1) is 11.2. The minimum absolute atomic E-state index is 0.162. The molecule has 0 unspecified atom stereocenters. The minimum Gasteiger partial charge on any atom is -0.367 e. The van der Waals surface area contributed by atoms with E-state index in [0.29, 0.717) is 0 Å². The van der Waals surface area contributed by atoms with Gasteiger partial charge in [0.15, 0.2) is 0 Å². The lowest BCUT2D eigenvalue weighted by Crippen LogP contribution is -2.37. The molecule has 3 heteroatoms. The molecule has 3 nitrogen and oxygen atoms in total. The molecule has 0 spiro atoms. The molecule has 1 aliphatic rings. The van der Waals surface area contributed by atoms with Gasteiger partial charge in [-0.2, -0.15) is 0 Å². The maximum absolute atomic E-state index is 11.5. The summed E-state index contributed by atoms with van der Waals surface area (Å²) in [4.78, 5) is 16.8. The number of rotatable bonds is 1. The fourth-order valence-electron chi connectivity index (χ4n) is 1.15. The number of carbonyl (C=O) groups excluding carboxylic acids is 1. The number of nitrogens with zero attached hydrogens (tertiary/aromatic N) is 1. The lowest BCUT2D eigenvalue weighted by Gasteiger charge is -2.28. The smallest absolute Gasteiger partial charge is 0.330 e. The van der Waals surface area contributed by atoms with Crippen LogP contribution in [-0.2, 0) is 9.63 Å². The Morgan fingerprint density at radius 3 is 2.29 bits per heavy atom. The maximum atomic E-state index is 11.5. The third-order valence-electron chi connectivity index (χ3n) is 2.25. The maximum Gasteiger partial charge on any atom is 0.330 e. The van der Waals surface area contributed by atoms with Crippen molar-refractivity contribution in [3.8, 4) is 0 Å². The molecule has 1 fully saturated rings. The standard InChI is InChI=1S/C11H19NO2/c1-9-5-7-12(8-6-9)14-10(13)11(2,3)4/h1,5-8H2,2-4H3. The van der Waals surface area contributed by atoms with Crippen molar-refractivity contribution in [1.82, 2.24) is 5.06 Å². The summed E-state index contributed by atoms with van der Waals surface area (Å²) in [5, 5.41) is 1.74.